The second-order valence-electron chi connectivity index (χ2n) is 6.40. The number of hydrogen-bond donors (Lipinski definition) is 1. The van der Waals surface area contributed by atoms with Gasteiger partial charge in [-0.3, -0.25) is 19.3 Å². The molecule has 1 N–H and O–H groups in total. The van der Waals surface area contributed by atoms with E-state index in [4.69, 9.17) is 4.74 Å². The molecular weight excluding hydrogens is 374 g/mol. The van der Waals surface area contributed by atoms with Crippen molar-refractivity contribution in [3.8, 4) is 0 Å². The van der Waals surface area contributed by atoms with Crippen molar-refractivity contribution in [3.63, 3.8) is 0 Å². The van der Waals surface area contributed by atoms with Gasteiger partial charge >= 0.3 is 0 Å². The van der Waals surface area contributed by atoms with Gasteiger partial charge in [0.05, 0.1) is 36.1 Å². The fourth-order valence-electron chi connectivity index (χ4n) is 3.09. The highest BCUT2D eigenvalue weighted by atomic mass is 32.2. The van der Waals surface area contributed by atoms with E-state index >= 15 is 0 Å². The summed E-state index contributed by atoms with van der Waals surface area (Å²) in [5, 5.41) is 0. The zero-order valence-electron chi connectivity index (χ0n) is 14.9. The number of ether oxygens (including phenoxy) is 1. The standard InChI is InChI=1S/C17H21N3O6S/c1-12(15(21)19-6-9-26-10-7-19)18-27(24,25)11-8-20-16(22)13-4-2-3-5-14(13)17(20)23/h2-5,12,18H,6-11H2,1H3/t12-/m1/s1. The molecule has 1 fully saturated rings. The van der Waals surface area contributed by atoms with Crippen LogP contribution in [0.25, 0.3) is 0 Å². The van der Waals surface area contributed by atoms with Gasteiger partial charge in [-0.15, -0.1) is 0 Å². The number of sulfonamides is 1. The van der Waals surface area contributed by atoms with E-state index in [0.717, 1.165) is 4.90 Å². The van der Waals surface area contributed by atoms with Crippen molar-refractivity contribution in [1.29, 1.82) is 0 Å². The van der Waals surface area contributed by atoms with Crippen molar-refractivity contribution in [3.05, 3.63) is 35.4 Å². The second kappa shape index (κ2) is 7.75. The lowest BCUT2D eigenvalue weighted by molar-refractivity contribution is -0.136. The predicted molar refractivity (Wildman–Crippen MR) is 95.6 cm³/mol. The molecule has 1 aromatic rings. The van der Waals surface area contributed by atoms with Gasteiger partial charge in [0.25, 0.3) is 11.8 Å². The molecule has 2 heterocycles. The van der Waals surface area contributed by atoms with E-state index in [2.05, 4.69) is 4.72 Å². The number of carbonyl (C=O) groups excluding carboxylic acids is 3. The minimum Gasteiger partial charge on any atom is -0.378 e. The molecule has 3 amide bonds. The topological polar surface area (TPSA) is 113 Å². The van der Waals surface area contributed by atoms with Gasteiger partial charge in [-0.25, -0.2) is 13.1 Å². The fraction of sp³-hybridized carbons (Fsp3) is 0.471. The first-order valence-electron chi connectivity index (χ1n) is 8.62. The van der Waals surface area contributed by atoms with Crippen LogP contribution < -0.4 is 4.72 Å². The van der Waals surface area contributed by atoms with Crippen molar-refractivity contribution in [2.75, 3.05) is 38.6 Å². The molecule has 27 heavy (non-hydrogen) atoms. The van der Waals surface area contributed by atoms with Crippen molar-refractivity contribution in [1.82, 2.24) is 14.5 Å². The molecule has 10 heteroatoms. The molecule has 2 aliphatic rings. The van der Waals surface area contributed by atoms with Crippen LogP contribution in [-0.4, -0.2) is 80.6 Å². The molecule has 0 bridgehead atoms. The number of rotatable bonds is 6. The maximum atomic E-state index is 12.3. The number of benzene rings is 1. The Morgan fingerprint density at radius 2 is 1.70 bits per heavy atom. The van der Waals surface area contributed by atoms with Crippen LogP contribution >= 0.6 is 0 Å². The van der Waals surface area contributed by atoms with E-state index in [1.165, 1.54) is 19.1 Å². The van der Waals surface area contributed by atoms with Gasteiger partial charge in [0, 0.05) is 19.6 Å². The van der Waals surface area contributed by atoms with E-state index in [1.807, 2.05) is 0 Å². The lowest BCUT2D eigenvalue weighted by Crippen LogP contribution is -2.51. The molecule has 1 saturated heterocycles. The lowest BCUT2D eigenvalue weighted by Gasteiger charge is -2.29. The summed E-state index contributed by atoms with van der Waals surface area (Å²) in [7, 11) is -3.86. The number of imide groups is 1. The summed E-state index contributed by atoms with van der Waals surface area (Å²) in [6.45, 7) is 2.87. The highest BCUT2D eigenvalue weighted by Crippen LogP contribution is 2.22. The average Bonchev–Trinajstić information content (AvgIpc) is 2.90. The highest BCUT2D eigenvalue weighted by molar-refractivity contribution is 7.89. The molecule has 9 nitrogen and oxygen atoms in total. The molecule has 1 atom stereocenters. The van der Waals surface area contributed by atoms with Crippen LogP contribution in [-0.2, 0) is 19.6 Å². The first-order chi connectivity index (χ1) is 12.8. The van der Waals surface area contributed by atoms with Gasteiger partial charge in [-0.1, -0.05) is 12.1 Å². The van der Waals surface area contributed by atoms with Crippen LogP contribution in [0, 0.1) is 0 Å². The van der Waals surface area contributed by atoms with Gasteiger partial charge in [-0.2, -0.15) is 0 Å². The SMILES string of the molecule is C[C@@H](NS(=O)(=O)CCN1C(=O)c2ccccc2C1=O)C(=O)N1CCOCC1. The third-order valence-corrected chi connectivity index (χ3v) is 5.94. The van der Waals surface area contributed by atoms with E-state index in [9.17, 15) is 22.8 Å². The normalized spacial score (nSPS) is 18.6. The maximum absolute atomic E-state index is 12.3. The highest BCUT2D eigenvalue weighted by Gasteiger charge is 2.36. The Kier molecular flexibility index (Phi) is 5.59. The monoisotopic (exact) mass is 395 g/mol. The molecule has 0 aliphatic carbocycles. The summed E-state index contributed by atoms with van der Waals surface area (Å²) < 4.78 is 32.1. The first kappa shape index (κ1) is 19.5. The van der Waals surface area contributed by atoms with E-state index < -0.39 is 33.6 Å². The Balaban J connectivity index is 1.58. The summed E-state index contributed by atoms with van der Waals surface area (Å²) >= 11 is 0. The number of hydrogen-bond acceptors (Lipinski definition) is 6. The van der Waals surface area contributed by atoms with Crippen LogP contribution in [0.2, 0.25) is 0 Å². The number of amides is 3. The summed E-state index contributed by atoms with van der Waals surface area (Å²) in [6, 6.07) is 5.42. The van der Waals surface area contributed by atoms with Crippen LogP contribution in [0.4, 0.5) is 0 Å². The summed E-state index contributed by atoms with van der Waals surface area (Å²) in [4.78, 5) is 39.3. The Bertz CT molecular complexity index is 828. The van der Waals surface area contributed by atoms with Crippen molar-refractivity contribution in [2.45, 2.75) is 13.0 Å². The van der Waals surface area contributed by atoms with Gasteiger partial charge in [0.1, 0.15) is 0 Å². The van der Waals surface area contributed by atoms with Gasteiger partial charge < -0.3 is 9.64 Å². The summed E-state index contributed by atoms with van der Waals surface area (Å²) in [5.41, 5.74) is 0.535. The number of morpholine rings is 1. The third-order valence-electron chi connectivity index (χ3n) is 4.51. The zero-order chi connectivity index (χ0) is 19.6. The smallest absolute Gasteiger partial charge is 0.261 e. The van der Waals surface area contributed by atoms with Crippen molar-refractivity contribution >= 4 is 27.7 Å². The van der Waals surface area contributed by atoms with E-state index in [-0.39, 0.29) is 23.6 Å². The predicted octanol–water partition coefficient (Wildman–Crippen LogP) is -0.551. The molecule has 0 unspecified atom stereocenters. The largest absolute Gasteiger partial charge is 0.378 e. The van der Waals surface area contributed by atoms with Gasteiger partial charge in [0.15, 0.2) is 0 Å². The van der Waals surface area contributed by atoms with Crippen LogP contribution in [0.5, 0.6) is 0 Å². The van der Waals surface area contributed by atoms with Gasteiger partial charge in [0.2, 0.25) is 15.9 Å². The molecule has 3 rings (SSSR count). The Morgan fingerprint density at radius 3 is 2.26 bits per heavy atom. The molecule has 146 valence electrons. The van der Waals surface area contributed by atoms with Crippen LogP contribution in [0.15, 0.2) is 24.3 Å². The minimum atomic E-state index is -3.86. The second-order valence-corrected chi connectivity index (χ2v) is 8.28. The molecule has 0 radical (unpaired) electrons. The molecule has 0 aromatic heterocycles. The molecular formula is C17H21N3O6S. The fourth-order valence-corrected chi connectivity index (χ4v) is 4.27. The Labute approximate surface area is 157 Å². The number of carbonyl (C=O) groups is 3. The lowest BCUT2D eigenvalue weighted by atomic mass is 10.1. The van der Waals surface area contributed by atoms with E-state index in [1.54, 1.807) is 17.0 Å². The number of fused-ring (bicyclic) bond motifs is 1. The number of nitrogens with one attached hydrogen (secondary N) is 1. The first-order valence-corrected chi connectivity index (χ1v) is 10.3. The average molecular weight is 395 g/mol. The minimum absolute atomic E-state index is 0.267. The molecule has 1 aromatic carbocycles. The van der Waals surface area contributed by atoms with Crippen molar-refractivity contribution in [2.24, 2.45) is 0 Å². The quantitative estimate of drug-likeness (QED) is 0.647. The Morgan fingerprint density at radius 1 is 1.15 bits per heavy atom. The van der Waals surface area contributed by atoms with Crippen molar-refractivity contribution < 1.29 is 27.5 Å². The van der Waals surface area contributed by atoms with Crippen LogP contribution in [0.3, 0.4) is 0 Å². The number of nitrogens with zero attached hydrogens (tertiary/aromatic N) is 2. The maximum Gasteiger partial charge on any atom is 0.261 e. The zero-order valence-corrected chi connectivity index (χ0v) is 15.7. The molecule has 0 spiro atoms. The Hall–Kier alpha value is -2.30. The summed E-state index contributed by atoms with van der Waals surface area (Å²) in [6.07, 6.45) is 0. The summed E-state index contributed by atoms with van der Waals surface area (Å²) in [5.74, 6) is -1.83. The van der Waals surface area contributed by atoms with Crippen LogP contribution in [0.1, 0.15) is 27.6 Å². The van der Waals surface area contributed by atoms with Gasteiger partial charge in [-0.05, 0) is 19.1 Å². The molecule has 0 saturated carbocycles. The van der Waals surface area contributed by atoms with E-state index in [0.29, 0.717) is 26.3 Å². The molecule has 2 aliphatic heterocycles. The third kappa shape index (κ3) is 4.18.